The van der Waals surface area contributed by atoms with Crippen molar-refractivity contribution in [3.8, 4) is 5.88 Å². The molecular formula is C12H11FN4O. The molecule has 18 heavy (non-hydrogen) atoms. The summed E-state index contributed by atoms with van der Waals surface area (Å²) in [4.78, 5) is 7.97. The van der Waals surface area contributed by atoms with Crippen LogP contribution < -0.4 is 10.2 Å². The standard InChI is InChI=1S/C12H11FN4O/c1-18-12-11(14-5-6-15-12)17-16-8-9-3-2-4-10(13)7-9/h2-8H,1H3,(H,14,17)/b16-8-. The molecule has 1 aromatic heterocycles. The van der Waals surface area contributed by atoms with Crippen molar-refractivity contribution in [3.63, 3.8) is 0 Å². The highest BCUT2D eigenvalue weighted by atomic mass is 19.1. The van der Waals surface area contributed by atoms with Crippen LogP contribution in [-0.4, -0.2) is 23.3 Å². The number of benzene rings is 1. The fraction of sp³-hybridized carbons (Fsp3) is 0.0833. The Morgan fingerprint density at radius 1 is 1.33 bits per heavy atom. The van der Waals surface area contributed by atoms with Gasteiger partial charge in [-0.15, -0.1) is 0 Å². The van der Waals surface area contributed by atoms with E-state index in [0.29, 0.717) is 17.3 Å². The lowest BCUT2D eigenvalue weighted by Gasteiger charge is -2.03. The molecule has 0 fully saturated rings. The first kappa shape index (κ1) is 12.0. The van der Waals surface area contributed by atoms with Gasteiger partial charge in [0.1, 0.15) is 5.82 Å². The smallest absolute Gasteiger partial charge is 0.258 e. The first-order valence-electron chi connectivity index (χ1n) is 5.19. The van der Waals surface area contributed by atoms with Gasteiger partial charge in [-0.3, -0.25) is 5.43 Å². The van der Waals surface area contributed by atoms with Gasteiger partial charge in [0.25, 0.3) is 5.88 Å². The summed E-state index contributed by atoms with van der Waals surface area (Å²) in [5.41, 5.74) is 3.32. The van der Waals surface area contributed by atoms with Crippen molar-refractivity contribution in [2.45, 2.75) is 0 Å². The Morgan fingerprint density at radius 2 is 2.17 bits per heavy atom. The first-order valence-corrected chi connectivity index (χ1v) is 5.19. The molecule has 92 valence electrons. The van der Waals surface area contributed by atoms with Crippen molar-refractivity contribution in [3.05, 3.63) is 48.0 Å². The van der Waals surface area contributed by atoms with E-state index in [1.807, 2.05) is 0 Å². The van der Waals surface area contributed by atoms with Crippen LogP contribution in [0.4, 0.5) is 10.2 Å². The summed E-state index contributed by atoms with van der Waals surface area (Å²) in [6.45, 7) is 0. The van der Waals surface area contributed by atoms with E-state index in [4.69, 9.17) is 4.74 Å². The topological polar surface area (TPSA) is 59.4 Å². The quantitative estimate of drug-likeness (QED) is 0.662. The number of nitrogens with zero attached hydrogens (tertiary/aromatic N) is 3. The third-order valence-corrected chi connectivity index (χ3v) is 2.09. The molecule has 2 rings (SSSR count). The highest BCUT2D eigenvalue weighted by molar-refractivity contribution is 5.80. The lowest BCUT2D eigenvalue weighted by molar-refractivity contribution is 0.398. The van der Waals surface area contributed by atoms with Crippen LogP contribution in [0.5, 0.6) is 5.88 Å². The fourth-order valence-electron chi connectivity index (χ4n) is 1.31. The summed E-state index contributed by atoms with van der Waals surface area (Å²) in [7, 11) is 1.49. The minimum atomic E-state index is -0.309. The minimum absolute atomic E-state index is 0.309. The van der Waals surface area contributed by atoms with Gasteiger partial charge in [-0.1, -0.05) is 12.1 Å². The summed E-state index contributed by atoms with van der Waals surface area (Å²) < 4.78 is 17.9. The SMILES string of the molecule is COc1nccnc1N/N=C\c1cccc(F)c1. The number of aromatic nitrogens is 2. The monoisotopic (exact) mass is 246 g/mol. The summed E-state index contributed by atoms with van der Waals surface area (Å²) in [5.74, 6) is 0.428. The number of nitrogens with one attached hydrogen (secondary N) is 1. The Balaban J connectivity index is 2.07. The van der Waals surface area contributed by atoms with E-state index in [2.05, 4.69) is 20.5 Å². The summed E-state index contributed by atoms with van der Waals surface area (Å²) in [5, 5.41) is 3.94. The predicted molar refractivity (Wildman–Crippen MR) is 66.2 cm³/mol. The number of hydrogen-bond donors (Lipinski definition) is 1. The minimum Gasteiger partial charge on any atom is -0.478 e. The van der Waals surface area contributed by atoms with E-state index in [1.54, 1.807) is 12.1 Å². The van der Waals surface area contributed by atoms with Gasteiger partial charge in [-0.05, 0) is 17.7 Å². The number of rotatable bonds is 4. The van der Waals surface area contributed by atoms with Crippen molar-refractivity contribution in [2.24, 2.45) is 5.10 Å². The molecule has 1 N–H and O–H groups in total. The van der Waals surface area contributed by atoms with Crippen molar-refractivity contribution in [2.75, 3.05) is 12.5 Å². The largest absolute Gasteiger partial charge is 0.478 e. The zero-order valence-corrected chi connectivity index (χ0v) is 9.67. The second-order valence-electron chi connectivity index (χ2n) is 3.34. The third kappa shape index (κ3) is 3.00. The molecule has 0 unspecified atom stereocenters. The number of hydrogen-bond acceptors (Lipinski definition) is 5. The second-order valence-corrected chi connectivity index (χ2v) is 3.34. The maximum absolute atomic E-state index is 12.9. The lowest BCUT2D eigenvalue weighted by atomic mass is 10.2. The van der Waals surface area contributed by atoms with E-state index in [0.717, 1.165) is 0 Å². The fourth-order valence-corrected chi connectivity index (χ4v) is 1.31. The summed E-state index contributed by atoms with van der Waals surface area (Å²) in [6, 6.07) is 6.09. The van der Waals surface area contributed by atoms with E-state index in [9.17, 15) is 4.39 Å². The van der Waals surface area contributed by atoms with Crippen LogP contribution in [0.25, 0.3) is 0 Å². The van der Waals surface area contributed by atoms with Gasteiger partial charge in [-0.2, -0.15) is 5.10 Å². The van der Waals surface area contributed by atoms with Crippen LogP contribution in [0.3, 0.4) is 0 Å². The third-order valence-electron chi connectivity index (χ3n) is 2.09. The maximum atomic E-state index is 12.9. The Kier molecular flexibility index (Phi) is 3.80. The van der Waals surface area contributed by atoms with E-state index >= 15 is 0 Å². The molecule has 0 aliphatic heterocycles. The lowest BCUT2D eigenvalue weighted by Crippen LogP contribution is -1.98. The van der Waals surface area contributed by atoms with E-state index in [-0.39, 0.29) is 5.82 Å². The van der Waals surface area contributed by atoms with E-state index < -0.39 is 0 Å². The predicted octanol–water partition coefficient (Wildman–Crippen LogP) is 2.07. The van der Waals surface area contributed by atoms with E-state index in [1.165, 1.54) is 37.9 Å². The molecule has 0 saturated carbocycles. The van der Waals surface area contributed by atoms with Crippen molar-refractivity contribution in [1.29, 1.82) is 0 Å². The average Bonchev–Trinajstić information content (AvgIpc) is 2.39. The summed E-state index contributed by atoms with van der Waals surface area (Å²) >= 11 is 0. The van der Waals surface area contributed by atoms with Crippen molar-refractivity contribution in [1.82, 2.24) is 9.97 Å². The molecule has 0 aliphatic carbocycles. The normalized spacial score (nSPS) is 10.6. The van der Waals surface area contributed by atoms with Crippen molar-refractivity contribution >= 4 is 12.0 Å². The Bertz CT molecular complexity index is 559. The number of ether oxygens (including phenoxy) is 1. The van der Waals surface area contributed by atoms with Gasteiger partial charge < -0.3 is 4.74 Å². The van der Waals surface area contributed by atoms with Gasteiger partial charge in [0, 0.05) is 12.4 Å². The van der Waals surface area contributed by atoms with Crippen LogP contribution in [0, 0.1) is 5.82 Å². The highest BCUT2D eigenvalue weighted by Crippen LogP contribution is 2.15. The highest BCUT2D eigenvalue weighted by Gasteiger charge is 2.02. The van der Waals surface area contributed by atoms with Crippen LogP contribution in [-0.2, 0) is 0 Å². The molecule has 0 bridgehead atoms. The zero-order chi connectivity index (χ0) is 12.8. The first-order chi connectivity index (χ1) is 8.79. The summed E-state index contributed by atoms with van der Waals surface area (Å²) in [6.07, 6.45) is 4.51. The van der Waals surface area contributed by atoms with Crippen LogP contribution in [0.1, 0.15) is 5.56 Å². The molecule has 5 nitrogen and oxygen atoms in total. The number of hydrazone groups is 1. The van der Waals surface area contributed by atoms with Crippen LogP contribution in [0.2, 0.25) is 0 Å². The molecule has 6 heteroatoms. The molecule has 0 spiro atoms. The Hall–Kier alpha value is -2.50. The molecule has 0 amide bonds. The second kappa shape index (κ2) is 5.72. The zero-order valence-electron chi connectivity index (χ0n) is 9.67. The molecular weight excluding hydrogens is 235 g/mol. The number of methoxy groups -OCH3 is 1. The van der Waals surface area contributed by atoms with Gasteiger partial charge >= 0.3 is 0 Å². The van der Waals surface area contributed by atoms with Gasteiger partial charge in [0.15, 0.2) is 0 Å². The molecule has 2 aromatic rings. The number of halogens is 1. The van der Waals surface area contributed by atoms with Gasteiger partial charge in [0.05, 0.1) is 13.3 Å². The molecule has 1 heterocycles. The average molecular weight is 246 g/mol. The maximum Gasteiger partial charge on any atom is 0.258 e. The number of anilines is 1. The Labute approximate surface area is 103 Å². The molecule has 0 saturated heterocycles. The van der Waals surface area contributed by atoms with Crippen molar-refractivity contribution < 1.29 is 9.13 Å². The molecule has 0 radical (unpaired) electrons. The molecule has 1 aromatic carbocycles. The van der Waals surface area contributed by atoms with Gasteiger partial charge in [-0.25, -0.2) is 14.4 Å². The molecule has 0 aliphatic rings. The van der Waals surface area contributed by atoms with Crippen LogP contribution in [0.15, 0.2) is 41.8 Å². The molecule has 0 atom stereocenters. The van der Waals surface area contributed by atoms with Crippen LogP contribution >= 0.6 is 0 Å². The Morgan fingerprint density at radius 3 is 2.94 bits per heavy atom. The van der Waals surface area contributed by atoms with Gasteiger partial charge in [0.2, 0.25) is 5.82 Å².